The molecule has 0 aliphatic carbocycles. The number of allylic oxidation sites excluding steroid dienone is 2. The summed E-state index contributed by atoms with van der Waals surface area (Å²) in [5.74, 6) is 0.977. The zero-order chi connectivity index (χ0) is 28.9. The molecule has 4 N–H and O–H groups in total. The van der Waals surface area contributed by atoms with E-state index in [0.717, 1.165) is 60.7 Å². The monoisotopic (exact) mass is 804 g/mol. The molecule has 2 aromatic carbocycles. The van der Waals surface area contributed by atoms with Gasteiger partial charge in [0, 0.05) is 26.1 Å². The number of halogens is 4. The lowest BCUT2D eigenvalue weighted by molar-refractivity contribution is -0.115. The molecule has 1 aliphatic heterocycles. The van der Waals surface area contributed by atoms with E-state index in [1.807, 2.05) is 36.4 Å². The smallest absolute Gasteiger partial charge is 0.269 e. The Bertz CT molecular complexity index is 1210. The van der Waals surface area contributed by atoms with E-state index < -0.39 is 5.91 Å². The van der Waals surface area contributed by atoms with Crippen LogP contribution in [0.5, 0.6) is 11.5 Å². The second kappa shape index (κ2) is 17.2. The maximum atomic E-state index is 12.7. The molecule has 0 saturated heterocycles. The number of amides is 1. The van der Waals surface area contributed by atoms with Crippen LogP contribution < -0.4 is 20.5 Å². The molecule has 2 aromatic rings. The molecule has 1 heterocycles. The van der Waals surface area contributed by atoms with Gasteiger partial charge in [0.05, 0.1) is 31.1 Å². The Balaban J connectivity index is 1.48. The lowest BCUT2D eigenvalue weighted by Gasteiger charge is -2.20. The minimum absolute atomic E-state index is 0.0118. The summed E-state index contributed by atoms with van der Waals surface area (Å²) in [5, 5.41) is 15.6. The van der Waals surface area contributed by atoms with Crippen molar-refractivity contribution >= 4 is 75.3 Å². The molecule has 0 bridgehead atoms. The third-order valence-electron chi connectivity index (χ3n) is 5.88. The van der Waals surface area contributed by atoms with Crippen LogP contribution in [0.3, 0.4) is 0 Å². The average Bonchev–Trinajstić information content (AvgIpc) is 2.93. The van der Waals surface area contributed by atoms with Crippen molar-refractivity contribution in [3.8, 4) is 11.5 Å². The molecule has 0 aromatic heterocycles. The van der Waals surface area contributed by atoms with E-state index >= 15 is 0 Å². The lowest BCUT2D eigenvalue weighted by Crippen LogP contribution is -2.33. The first-order valence-corrected chi connectivity index (χ1v) is 16.0. The van der Waals surface area contributed by atoms with Gasteiger partial charge in [0.1, 0.15) is 17.2 Å². The van der Waals surface area contributed by atoms with Gasteiger partial charge in [-0.3, -0.25) is 4.79 Å². The zero-order valence-electron chi connectivity index (χ0n) is 21.8. The number of carbonyl (C=O) groups excluding carboxylic acids is 1. The number of nitrogens with one attached hydrogen (secondary N) is 1. The van der Waals surface area contributed by atoms with Gasteiger partial charge >= 0.3 is 0 Å². The van der Waals surface area contributed by atoms with E-state index in [2.05, 4.69) is 91.4 Å². The van der Waals surface area contributed by atoms with Gasteiger partial charge in [-0.25, -0.2) is 0 Å². The predicted molar refractivity (Wildman–Crippen MR) is 172 cm³/mol. The summed E-state index contributed by atoms with van der Waals surface area (Å²) in [6.07, 6.45) is 10.7. The summed E-state index contributed by atoms with van der Waals surface area (Å²) in [6, 6.07) is 7.64. The topological polar surface area (TPSA) is 109 Å². The lowest BCUT2D eigenvalue weighted by atomic mass is 10.1. The summed E-state index contributed by atoms with van der Waals surface area (Å²) in [4.78, 5) is 15.0. The van der Waals surface area contributed by atoms with Crippen molar-refractivity contribution in [1.29, 1.82) is 0 Å². The minimum Gasteiger partial charge on any atom is -0.491 e. The number of nitrogens with two attached hydrogens (primary N) is 1. The summed E-state index contributed by atoms with van der Waals surface area (Å²) >= 11 is 14.2. The summed E-state index contributed by atoms with van der Waals surface area (Å²) in [6.45, 7) is 3.86. The molecule has 3 rings (SSSR count). The van der Waals surface area contributed by atoms with Crippen LogP contribution in [0.4, 0.5) is 0 Å². The average molecular weight is 808 g/mol. The van der Waals surface area contributed by atoms with Gasteiger partial charge in [-0.15, -0.1) is 0 Å². The second-order valence-electron chi connectivity index (χ2n) is 8.96. The van der Waals surface area contributed by atoms with Gasteiger partial charge in [-0.2, -0.15) is 0 Å². The summed E-state index contributed by atoms with van der Waals surface area (Å²) in [5.41, 5.74) is 7.33. The third-order valence-corrected chi connectivity index (χ3v) is 8.24. The molecule has 0 saturated carbocycles. The highest BCUT2D eigenvalue weighted by atomic mass is 79.9. The van der Waals surface area contributed by atoms with E-state index in [0.29, 0.717) is 38.5 Å². The molecular weight excluding hydrogens is 776 g/mol. The molecule has 0 radical (unpaired) electrons. The Morgan fingerprint density at radius 2 is 1.55 bits per heavy atom. The van der Waals surface area contributed by atoms with Gasteiger partial charge in [-0.1, -0.05) is 17.3 Å². The van der Waals surface area contributed by atoms with Crippen LogP contribution in [-0.4, -0.2) is 61.1 Å². The minimum atomic E-state index is -0.435. The molecule has 40 heavy (non-hydrogen) atoms. The van der Waals surface area contributed by atoms with E-state index in [9.17, 15) is 10.0 Å². The number of hydrogen-bond acceptors (Lipinski definition) is 7. The Kier molecular flexibility index (Phi) is 14.0. The SMILES string of the molecule is NCCCOc1c(Br)cc(CC(=NO)C(=O)NCCc2cc(Br)c(OCCCN3C=CC=CC3)c(Br)c2)cc1Br. The van der Waals surface area contributed by atoms with Gasteiger partial charge in [0.25, 0.3) is 5.91 Å². The van der Waals surface area contributed by atoms with Crippen molar-refractivity contribution in [2.45, 2.75) is 25.7 Å². The van der Waals surface area contributed by atoms with Crippen molar-refractivity contribution in [3.63, 3.8) is 0 Å². The number of nitrogens with zero attached hydrogens (tertiary/aromatic N) is 2. The van der Waals surface area contributed by atoms with Gasteiger partial charge in [0.15, 0.2) is 0 Å². The van der Waals surface area contributed by atoms with Crippen molar-refractivity contribution in [3.05, 3.63) is 77.7 Å². The molecular formula is C28H32Br4N4O4. The maximum absolute atomic E-state index is 12.7. The summed E-state index contributed by atoms with van der Waals surface area (Å²) in [7, 11) is 0. The second-order valence-corrected chi connectivity index (χ2v) is 12.4. The normalized spacial score (nSPS) is 13.0. The van der Waals surface area contributed by atoms with Crippen LogP contribution in [0.25, 0.3) is 0 Å². The Morgan fingerprint density at radius 1 is 0.950 bits per heavy atom. The van der Waals surface area contributed by atoms with Crippen LogP contribution in [0.1, 0.15) is 24.0 Å². The fraction of sp³-hybridized carbons (Fsp3) is 0.357. The molecule has 12 heteroatoms. The molecule has 216 valence electrons. The van der Waals surface area contributed by atoms with E-state index in [-0.39, 0.29) is 12.1 Å². The highest BCUT2D eigenvalue weighted by Crippen LogP contribution is 2.36. The number of ether oxygens (including phenoxy) is 2. The largest absolute Gasteiger partial charge is 0.491 e. The molecule has 8 nitrogen and oxygen atoms in total. The number of oxime groups is 1. The number of hydrogen-bond donors (Lipinski definition) is 3. The van der Waals surface area contributed by atoms with Crippen LogP contribution in [0, 0.1) is 0 Å². The molecule has 0 spiro atoms. The Morgan fingerprint density at radius 3 is 2.10 bits per heavy atom. The van der Waals surface area contributed by atoms with Crippen molar-refractivity contribution in [1.82, 2.24) is 10.2 Å². The van der Waals surface area contributed by atoms with E-state index in [1.54, 1.807) is 0 Å². The first-order chi connectivity index (χ1) is 19.3. The van der Waals surface area contributed by atoms with Gasteiger partial charge in [0.2, 0.25) is 0 Å². The summed E-state index contributed by atoms with van der Waals surface area (Å²) < 4.78 is 14.9. The van der Waals surface area contributed by atoms with Crippen LogP contribution >= 0.6 is 63.7 Å². The standard InChI is InChI=1S/C28H32Br4N4O4/c29-21-14-19(15-22(30)26(21)40-13-5-11-36-9-2-1-3-10-36)6-8-34-28(37)25(35-38)18-20-16-23(31)27(24(32)17-20)39-12-4-7-33/h1-3,9,14-17,38H,4-8,10-13,18,33H2,(H,34,37). The molecule has 0 atom stereocenters. The molecule has 1 amide bonds. The van der Waals surface area contributed by atoms with Gasteiger partial charge < -0.3 is 30.6 Å². The van der Waals surface area contributed by atoms with E-state index in [4.69, 9.17) is 15.2 Å². The van der Waals surface area contributed by atoms with Crippen LogP contribution in [0.2, 0.25) is 0 Å². The number of rotatable bonds is 15. The Labute approximate surface area is 268 Å². The first kappa shape index (κ1) is 32.7. The highest BCUT2D eigenvalue weighted by Gasteiger charge is 2.17. The fourth-order valence-corrected chi connectivity index (χ4v) is 6.92. The van der Waals surface area contributed by atoms with Crippen molar-refractivity contribution < 1.29 is 19.5 Å². The zero-order valence-corrected chi connectivity index (χ0v) is 28.2. The van der Waals surface area contributed by atoms with Gasteiger partial charge in [-0.05, 0) is 137 Å². The van der Waals surface area contributed by atoms with Crippen molar-refractivity contribution in [2.24, 2.45) is 10.9 Å². The number of benzene rings is 2. The van der Waals surface area contributed by atoms with Crippen LogP contribution in [0.15, 0.2) is 71.7 Å². The highest BCUT2D eigenvalue weighted by molar-refractivity contribution is 9.11. The first-order valence-electron chi connectivity index (χ1n) is 12.8. The molecule has 1 aliphatic rings. The predicted octanol–water partition coefficient (Wildman–Crippen LogP) is 6.35. The quantitative estimate of drug-likeness (QED) is 0.0839. The van der Waals surface area contributed by atoms with E-state index in [1.165, 1.54) is 0 Å². The van der Waals surface area contributed by atoms with Crippen molar-refractivity contribution in [2.75, 3.05) is 39.4 Å². The third kappa shape index (κ3) is 10.2. The Hall–Kier alpha value is -1.86. The maximum Gasteiger partial charge on any atom is 0.269 e. The molecule has 0 fully saturated rings. The number of carbonyl (C=O) groups is 1. The molecule has 0 unspecified atom stereocenters. The fourth-order valence-electron chi connectivity index (χ4n) is 3.90. The van der Waals surface area contributed by atoms with Crippen LogP contribution in [-0.2, 0) is 17.6 Å².